The molecule has 1 aromatic rings. The lowest BCUT2D eigenvalue weighted by Crippen LogP contribution is -2.32. The molecule has 1 rings (SSSR count). The minimum Gasteiger partial charge on any atom is -0.356 e. The van der Waals surface area contributed by atoms with Gasteiger partial charge in [-0.15, -0.1) is 0 Å². The predicted molar refractivity (Wildman–Crippen MR) is 69.7 cm³/mol. The predicted octanol–water partition coefficient (Wildman–Crippen LogP) is 2.83. The molecule has 17 heavy (non-hydrogen) atoms. The Bertz CT molecular complexity index is 405. The average Bonchev–Trinajstić information content (AvgIpc) is 2.27. The number of carbonyl (C=O) groups is 1. The molecule has 1 aromatic carbocycles. The number of benzene rings is 1. The lowest BCUT2D eigenvalue weighted by atomic mass is 10.1. The summed E-state index contributed by atoms with van der Waals surface area (Å²) < 4.78 is 5.44. The Morgan fingerprint density at radius 3 is 2.65 bits per heavy atom. The molecular weight excluding hydrogens is 214 g/mol. The first-order chi connectivity index (χ1) is 7.94. The van der Waals surface area contributed by atoms with Gasteiger partial charge >= 0.3 is 0 Å². The zero-order valence-electron chi connectivity index (χ0n) is 10.6. The lowest BCUT2D eigenvalue weighted by Gasteiger charge is -2.19. The van der Waals surface area contributed by atoms with E-state index < -0.39 is 0 Å². The van der Waals surface area contributed by atoms with E-state index in [0.29, 0.717) is 5.56 Å². The summed E-state index contributed by atoms with van der Waals surface area (Å²) in [6.07, 6.45) is 1.67. The third-order valence-corrected chi connectivity index (χ3v) is 2.16. The number of nitrogens with one attached hydrogen (secondary N) is 1. The summed E-state index contributed by atoms with van der Waals surface area (Å²) in [6.45, 7) is 9.71. The van der Waals surface area contributed by atoms with Crippen LogP contribution in [-0.4, -0.2) is 18.2 Å². The van der Waals surface area contributed by atoms with Gasteiger partial charge in [0.1, 0.15) is 6.73 Å². The van der Waals surface area contributed by atoms with Gasteiger partial charge in [-0.3, -0.25) is 4.79 Å². The van der Waals surface area contributed by atoms with E-state index >= 15 is 0 Å². The van der Waals surface area contributed by atoms with E-state index in [1.807, 2.05) is 39.0 Å². The van der Waals surface area contributed by atoms with Gasteiger partial charge in [-0.2, -0.15) is 0 Å². The summed E-state index contributed by atoms with van der Waals surface area (Å²) in [4.78, 5) is 11.9. The van der Waals surface area contributed by atoms with Gasteiger partial charge in [0.25, 0.3) is 5.91 Å². The third-order valence-electron chi connectivity index (χ3n) is 2.16. The monoisotopic (exact) mass is 233 g/mol. The summed E-state index contributed by atoms with van der Waals surface area (Å²) in [5.41, 5.74) is 1.17. The van der Waals surface area contributed by atoms with Crippen LogP contribution in [0.25, 0.3) is 6.08 Å². The van der Waals surface area contributed by atoms with E-state index in [4.69, 9.17) is 4.74 Å². The second-order valence-corrected chi connectivity index (χ2v) is 4.70. The lowest BCUT2D eigenvalue weighted by molar-refractivity contribution is -0.0111. The minimum absolute atomic E-state index is 0.148. The SMILES string of the molecule is C=Cc1ccccc1C(=O)NCOC(C)(C)C. The largest absolute Gasteiger partial charge is 0.356 e. The first-order valence-corrected chi connectivity index (χ1v) is 5.57. The summed E-state index contributed by atoms with van der Waals surface area (Å²) in [7, 11) is 0. The van der Waals surface area contributed by atoms with E-state index in [0.717, 1.165) is 5.56 Å². The minimum atomic E-state index is -0.259. The maximum Gasteiger partial charge on any atom is 0.253 e. The second kappa shape index (κ2) is 5.64. The molecule has 0 aromatic heterocycles. The van der Waals surface area contributed by atoms with Gasteiger partial charge < -0.3 is 10.1 Å². The van der Waals surface area contributed by atoms with E-state index in [1.165, 1.54) is 0 Å². The zero-order valence-corrected chi connectivity index (χ0v) is 10.6. The van der Waals surface area contributed by atoms with Crippen molar-refractivity contribution in [3.05, 3.63) is 42.0 Å². The summed E-state index contributed by atoms with van der Waals surface area (Å²) in [6, 6.07) is 7.32. The summed E-state index contributed by atoms with van der Waals surface area (Å²) >= 11 is 0. The van der Waals surface area contributed by atoms with Crippen LogP contribution in [0.2, 0.25) is 0 Å². The average molecular weight is 233 g/mol. The third kappa shape index (κ3) is 4.41. The van der Waals surface area contributed by atoms with Gasteiger partial charge in [-0.05, 0) is 32.4 Å². The van der Waals surface area contributed by atoms with Crippen molar-refractivity contribution in [2.75, 3.05) is 6.73 Å². The molecule has 0 bridgehead atoms. The van der Waals surface area contributed by atoms with Crippen LogP contribution in [0, 0.1) is 0 Å². The molecule has 0 radical (unpaired) electrons. The van der Waals surface area contributed by atoms with Gasteiger partial charge in [0.2, 0.25) is 0 Å². The number of carbonyl (C=O) groups excluding carboxylic acids is 1. The number of rotatable bonds is 4. The molecule has 0 aliphatic heterocycles. The van der Waals surface area contributed by atoms with Gasteiger partial charge in [-0.25, -0.2) is 0 Å². The van der Waals surface area contributed by atoms with Crippen molar-refractivity contribution in [1.29, 1.82) is 0 Å². The molecule has 0 unspecified atom stereocenters. The van der Waals surface area contributed by atoms with Crippen LogP contribution in [0.4, 0.5) is 0 Å². The van der Waals surface area contributed by atoms with Crippen LogP contribution in [0.1, 0.15) is 36.7 Å². The second-order valence-electron chi connectivity index (χ2n) is 4.70. The Kier molecular flexibility index (Phi) is 4.46. The van der Waals surface area contributed by atoms with Crippen LogP contribution < -0.4 is 5.32 Å². The van der Waals surface area contributed by atoms with E-state index in [-0.39, 0.29) is 18.2 Å². The normalized spacial score (nSPS) is 11.0. The van der Waals surface area contributed by atoms with Gasteiger partial charge in [0, 0.05) is 5.56 Å². The molecule has 0 aliphatic rings. The highest BCUT2D eigenvalue weighted by molar-refractivity contribution is 5.97. The van der Waals surface area contributed by atoms with Crippen LogP contribution in [-0.2, 0) is 4.74 Å². The van der Waals surface area contributed by atoms with Gasteiger partial charge in [0.15, 0.2) is 0 Å². The van der Waals surface area contributed by atoms with Gasteiger partial charge in [0.05, 0.1) is 5.60 Å². The molecular formula is C14H19NO2. The van der Waals surface area contributed by atoms with Crippen LogP contribution >= 0.6 is 0 Å². The van der Waals surface area contributed by atoms with Gasteiger partial charge in [-0.1, -0.05) is 30.9 Å². The molecule has 1 amide bonds. The Morgan fingerprint density at radius 1 is 1.41 bits per heavy atom. The van der Waals surface area contributed by atoms with Crippen molar-refractivity contribution in [2.45, 2.75) is 26.4 Å². The molecule has 0 atom stereocenters. The Labute approximate surface area is 102 Å². The number of hydrogen-bond acceptors (Lipinski definition) is 2. The van der Waals surface area contributed by atoms with E-state index in [2.05, 4.69) is 11.9 Å². The first kappa shape index (κ1) is 13.5. The molecule has 3 heteroatoms. The molecule has 0 saturated carbocycles. The topological polar surface area (TPSA) is 38.3 Å². The summed E-state index contributed by atoms with van der Waals surface area (Å²) in [5, 5.41) is 2.72. The van der Waals surface area contributed by atoms with Crippen molar-refractivity contribution < 1.29 is 9.53 Å². The fraction of sp³-hybridized carbons (Fsp3) is 0.357. The molecule has 1 N–H and O–H groups in total. The molecule has 0 saturated heterocycles. The molecule has 0 heterocycles. The fourth-order valence-corrected chi connectivity index (χ4v) is 1.30. The number of ether oxygens (including phenoxy) is 1. The maximum absolute atomic E-state index is 11.9. The van der Waals surface area contributed by atoms with Crippen molar-refractivity contribution in [3.8, 4) is 0 Å². The Morgan fingerprint density at radius 2 is 2.06 bits per heavy atom. The van der Waals surface area contributed by atoms with Crippen molar-refractivity contribution in [3.63, 3.8) is 0 Å². The standard InChI is InChI=1S/C14H19NO2/c1-5-11-8-6-7-9-12(11)13(16)15-10-17-14(2,3)4/h5-9H,1,10H2,2-4H3,(H,15,16). The number of amides is 1. The van der Waals surface area contributed by atoms with E-state index in [1.54, 1.807) is 12.1 Å². The van der Waals surface area contributed by atoms with Crippen molar-refractivity contribution in [2.24, 2.45) is 0 Å². The maximum atomic E-state index is 11.9. The Balaban J connectivity index is 2.61. The fourth-order valence-electron chi connectivity index (χ4n) is 1.30. The highest BCUT2D eigenvalue weighted by Gasteiger charge is 2.12. The first-order valence-electron chi connectivity index (χ1n) is 5.57. The number of hydrogen-bond donors (Lipinski definition) is 1. The van der Waals surface area contributed by atoms with E-state index in [9.17, 15) is 4.79 Å². The molecule has 0 spiro atoms. The van der Waals surface area contributed by atoms with Crippen molar-refractivity contribution >= 4 is 12.0 Å². The van der Waals surface area contributed by atoms with Crippen molar-refractivity contribution in [1.82, 2.24) is 5.32 Å². The highest BCUT2D eigenvalue weighted by Crippen LogP contribution is 2.10. The highest BCUT2D eigenvalue weighted by atomic mass is 16.5. The summed E-state index contributed by atoms with van der Waals surface area (Å²) in [5.74, 6) is -0.148. The van der Waals surface area contributed by atoms with Crippen LogP contribution in [0.5, 0.6) is 0 Å². The quantitative estimate of drug-likeness (QED) is 0.812. The zero-order chi connectivity index (χ0) is 12.9. The molecule has 0 fully saturated rings. The molecule has 0 aliphatic carbocycles. The molecule has 92 valence electrons. The Hall–Kier alpha value is -1.61. The smallest absolute Gasteiger partial charge is 0.253 e. The van der Waals surface area contributed by atoms with Crippen LogP contribution in [0.3, 0.4) is 0 Å². The van der Waals surface area contributed by atoms with Crippen LogP contribution in [0.15, 0.2) is 30.8 Å². The molecule has 3 nitrogen and oxygen atoms in total.